The van der Waals surface area contributed by atoms with E-state index >= 15 is 0 Å². The Morgan fingerprint density at radius 3 is 2.19 bits per heavy atom. The van der Waals surface area contributed by atoms with E-state index in [2.05, 4.69) is 11.4 Å². The number of para-hydroxylation sites is 2. The summed E-state index contributed by atoms with van der Waals surface area (Å²) in [7, 11) is 3.24. The molecule has 0 heterocycles. The highest BCUT2D eigenvalue weighted by Gasteiger charge is 2.23. The van der Waals surface area contributed by atoms with Gasteiger partial charge in [0.15, 0.2) is 17.6 Å². The Kier molecular flexibility index (Phi) is 7.53. The van der Waals surface area contributed by atoms with Crippen LogP contribution in [0.1, 0.15) is 43.9 Å². The van der Waals surface area contributed by atoms with Crippen molar-refractivity contribution in [3.8, 4) is 17.2 Å². The standard InChI is InChI=1S/C22H29NO4/c1-6-17(16-12-13-19(25-4)15(3)14-16)23-22(24)18(7-2)27-21-11-9-8-10-20(21)26-5/h8-14,17-18H,6-7H2,1-5H3,(H,23,24)/t17-,18+/m0/s1. The van der Waals surface area contributed by atoms with Gasteiger partial charge in [-0.15, -0.1) is 0 Å². The van der Waals surface area contributed by atoms with Crippen molar-refractivity contribution in [3.05, 3.63) is 53.6 Å². The van der Waals surface area contributed by atoms with E-state index < -0.39 is 6.10 Å². The molecule has 0 aliphatic heterocycles. The predicted octanol–water partition coefficient (Wildman–Crippen LogP) is 4.44. The molecule has 0 aliphatic rings. The van der Waals surface area contributed by atoms with E-state index in [9.17, 15) is 4.79 Å². The molecule has 5 heteroatoms. The molecule has 0 saturated heterocycles. The summed E-state index contributed by atoms with van der Waals surface area (Å²) in [5, 5.41) is 3.11. The molecular weight excluding hydrogens is 342 g/mol. The van der Waals surface area contributed by atoms with E-state index in [0.29, 0.717) is 17.9 Å². The summed E-state index contributed by atoms with van der Waals surface area (Å²) in [4.78, 5) is 12.8. The summed E-state index contributed by atoms with van der Waals surface area (Å²) in [6.45, 7) is 5.97. The molecule has 2 atom stereocenters. The SMILES string of the molecule is CC[C@H](NC(=O)[C@@H](CC)Oc1ccccc1OC)c1ccc(OC)c(C)c1. The van der Waals surface area contributed by atoms with Crippen LogP contribution in [0.3, 0.4) is 0 Å². The lowest BCUT2D eigenvalue weighted by Crippen LogP contribution is -2.40. The third kappa shape index (κ3) is 5.16. The van der Waals surface area contributed by atoms with Crippen LogP contribution in [0.25, 0.3) is 0 Å². The monoisotopic (exact) mass is 371 g/mol. The van der Waals surface area contributed by atoms with E-state index in [1.807, 2.05) is 51.1 Å². The number of benzene rings is 2. The molecule has 5 nitrogen and oxygen atoms in total. The highest BCUT2D eigenvalue weighted by molar-refractivity contribution is 5.81. The van der Waals surface area contributed by atoms with Crippen LogP contribution >= 0.6 is 0 Å². The van der Waals surface area contributed by atoms with E-state index in [1.165, 1.54) is 0 Å². The average molecular weight is 371 g/mol. The van der Waals surface area contributed by atoms with Gasteiger partial charge in [0.25, 0.3) is 5.91 Å². The van der Waals surface area contributed by atoms with Crippen molar-refractivity contribution in [3.63, 3.8) is 0 Å². The van der Waals surface area contributed by atoms with E-state index in [-0.39, 0.29) is 11.9 Å². The van der Waals surface area contributed by atoms with Crippen molar-refractivity contribution < 1.29 is 19.0 Å². The normalized spacial score (nSPS) is 12.8. The zero-order chi connectivity index (χ0) is 19.8. The maximum atomic E-state index is 12.8. The second-order valence-electron chi connectivity index (χ2n) is 6.36. The van der Waals surface area contributed by atoms with Crippen LogP contribution in [-0.2, 0) is 4.79 Å². The van der Waals surface area contributed by atoms with Gasteiger partial charge in [0.1, 0.15) is 5.75 Å². The van der Waals surface area contributed by atoms with Crippen LogP contribution in [0.15, 0.2) is 42.5 Å². The van der Waals surface area contributed by atoms with E-state index in [0.717, 1.165) is 23.3 Å². The number of carbonyl (C=O) groups is 1. The third-order valence-electron chi connectivity index (χ3n) is 4.55. The molecule has 0 aromatic heterocycles. The fraction of sp³-hybridized carbons (Fsp3) is 0.409. The van der Waals surface area contributed by atoms with Gasteiger partial charge in [-0.2, -0.15) is 0 Å². The minimum absolute atomic E-state index is 0.0857. The van der Waals surface area contributed by atoms with Crippen molar-refractivity contribution in [2.75, 3.05) is 14.2 Å². The number of rotatable bonds is 9. The van der Waals surface area contributed by atoms with E-state index in [4.69, 9.17) is 14.2 Å². The molecule has 0 spiro atoms. The minimum atomic E-state index is -0.588. The van der Waals surface area contributed by atoms with Crippen LogP contribution in [0.4, 0.5) is 0 Å². The molecule has 0 saturated carbocycles. The molecule has 0 unspecified atom stereocenters. The number of carbonyl (C=O) groups excluding carboxylic acids is 1. The fourth-order valence-electron chi connectivity index (χ4n) is 3.00. The van der Waals surface area contributed by atoms with Crippen molar-refractivity contribution in [1.82, 2.24) is 5.32 Å². The molecule has 1 amide bonds. The van der Waals surface area contributed by atoms with Gasteiger partial charge in [0.2, 0.25) is 0 Å². The molecule has 146 valence electrons. The molecule has 2 rings (SSSR count). The van der Waals surface area contributed by atoms with Crippen LogP contribution in [0.2, 0.25) is 0 Å². The Labute approximate surface area is 161 Å². The van der Waals surface area contributed by atoms with Gasteiger partial charge in [-0.05, 0) is 49.1 Å². The van der Waals surface area contributed by atoms with Gasteiger partial charge < -0.3 is 19.5 Å². The summed E-state index contributed by atoms with van der Waals surface area (Å²) in [6, 6.07) is 13.2. The molecule has 0 bridgehead atoms. The molecule has 2 aromatic rings. The smallest absolute Gasteiger partial charge is 0.261 e. The molecular formula is C22H29NO4. The van der Waals surface area contributed by atoms with Gasteiger partial charge in [0.05, 0.1) is 20.3 Å². The Bertz CT molecular complexity index is 760. The van der Waals surface area contributed by atoms with Gasteiger partial charge in [-0.3, -0.25) is 4.79 Å². The highest BCUT2D eigenvalue weighted by Crippen LogP contribution is 2.28. The summed E-state index contributed by atoms with van der Waals surface area (Å²) in [6.07, 6.45) is 0.750. The Balaban J connectivity index is 2.13. The number of amides is 1. The number of aryl methyl sites for hydroxylation is 1. The maximum absolute atomic E-state index is 12.8. The maximum Gasteiger partial charge on any atom is 0.261 e. The van der Waals surface area contributed by atoms with Crippen molar-refractivity contribution in [2.24, 2.45) is 0 Å². The predicted molar refractivity (Wildman–Crippen MR) is 107 cm³/mol. The summed E-state index contributed by atoms with van der Waals surface area (Å²) in [5.74, 6) is 1.88. The molecule has 27 heavy (non-hydrogen) atoms. The first-order valence-electron chi connectivity index (χ1n) is 9.28. The topological polar surface area (TPSA) is 56.8 Å². The van der Waals surface area contributed by atoms with Crippen molar-refractivity contribution in [1.29, 1.82) is 0 Å². The largest absolute Gasteiger partial charge is 0.496 e. The zero-order valence-electron chi connectivity index (χ0n) is 16.7. The highest BCUT2D eigenvalue weighted by atomic mass is 16.5. The van der Waals surface area contributed by atoms with Gasteiger partial charge in [-0.1, -0.05) is 38.1 Å². The first-order chi connectivity index (χ1) is 13.0. The zero-order valence-corrected chi connectivity index (χ0v) is 16.7. The lowest BCUT2D eigenvalue weighted by Gasteiger charge is -2.23. The average Bonchev–Trinajstić information content (AvgIpc) is 2.70. The molecule has 0 fully saturated rings. The molecule has 0 aliphatic carbocycles. The number of ether oxygens (including phenoxy) is 3. The van der Waals surface area contributed by atoms with Gasteiger partial charge in [-0.25, -0.2) is 0 Å². The van der Waals surface area contributed by atoms with Crippen LogP contribution < -0.4 is 19.5 Å². The quantitative estimate of drug-likeness (QED) is 0.708. The second kappa shape index (κ2) is 9.86. The molecule has 0 radical (unpaired) electrons. The van der Waals surface area contributed by atoms with Crippen LogP contribution in [0.5, 0.6) is 17.2 Å². The Morgan fingerprint density at radius 2 is 1.63 bits per heavy atom. The third-order valence-corrected chi connectivity index (χ3v) is 4.55. The lowest BCUT2D eigenvalue weighted by molar-refractivity contribution is -0.129. The molecule has 1 N–H and O–H groups in total. The summed E-state index contributed by atoms with van der Waals surface area (Å²) >= 11 is 0. The van der Waals surface area contributed by atoms with Crippen molar-refractivity contribution in [2.45, 2.75) is 45.8 Å². The van der Waals surface area contributed by atoms with E-state index in [1.54, 1.807) is 20.3 Å². The van der Waals surface area contributed by atoms with Gasteiger partial charge in [0, 0.05) is 0 Å². The van der Waals surface area contributed by atoms with Crippen LogP contribution in [0, 0.1) is 6.92 Å². The minimum Gasteiger partial charge on any atom is -0.496 e. The Hall–Kier alpha value is -2.69. The lowest BCUT2D eigenvalue weighted by atomic mass is 10.0. The van der Waals surface area contributed by atoms with Crippen LogP contribution in [-0.4, -0.2) is 26.2 Å². The molecule has 2 aromatic carbocycles. The Morgan fingerprint density at radius 1 is 0.963 bits per heavy atom. The number of hydrogen-bond donors (Lipinski definition) is 1. The number of hydrogen-bond acceptors (Lipinski definition) is 4. The summed E-state index contributed by atoms with van der Waals surface area (Å²) < 4.78 is 16.6. The number of methoxy groups -OCH3 is 2. The second-order valence-corrected chi connectivity index (χ2v) is 6.36. The first kappa shape index (κ1) is 20.6. The van der Waals surface area contributed by atoms with Crippen molar-refractivity contribution >= 4 is 5.91 Å². The summed E-state index contributed by atoms with van der Waals surface area (Å²) in [5.41, 5.74) is 2.09. The fourth-order valence-corrected chi connectivity index (χ4v) is 3.00. The number of nitrogens with one attached hydrogen (secondary N) is 1. The van der Waals surface area contributed by atoms with Gasteiger partial charge >= 0.3 is 0 Å². The first-order valence-corrected chi connectivity index (χ1v) is 9.28.